The monoisotopic (exact) mass is 268 g/mol. The molecule has 0 aliphatic rings. The average Bonchev–Trinajstić information content (AvgIpc) is 2.86. The predicted molar refractivity (Wildman–Crippen MR) is 71.5 cm³/mol. The van der Waals surface area contributed by atoms with Gasteiger partial charge in [-0.25, -0.2) is 5.43 Å². The molecular formula is C12H13ClN2OS. The van der Waals surface area contributed by atoms with Crippen molar-refractivity contribution in [3.05, 3.63) is 51.2 Å². The zero-order chi connectivity index (χ0) is 12.3. The maximum Gasteiger partial charge on any atom is 0.137 e. The first-order chi connectivity index (χ1) is 8.26. The lowest BCUT2D eigenvalue weighted by molar-refractivity contribution is 0.414. The van der Waals surface area contributed by atoms with Crippen LogP contribution in [0, 0.1) is 0 Å². The number of benzene rings is 1. The lowest BCUT2D eigenvalue weighted by Gasteiger charge is -2.16. The Bertz CT molecular complexity index is 487. The Morgan fingerprint density at radius 3 is 2.76 bits per heavy atom. The van der Waals surface area contributed by atoms with Gasteiger partial charge in [0, 0.05) is 0 Å². The van der Waals surface area contributed by atoms with E-state index in [1.807, 2.05) is 29.6 Å². The van der Waals surface area contributed by atoms with Crippen LogP contribution in [0.5, 0.6) is 5.75 Å². The molecule has 0 saturated carbocycles. The maximum atomic E-state index is 5.99. The topological polar surface area (TPSA) is 47.3 Å². The molecule has 1 unspecified atom stereocenters. The smallest absolute Gasteiger partial charge is 0.137 e. The Labute approximate surface area is 109 Å². The number of nitrogens with two attached hydrogens (primary N) is 1. The fraction of sp³-hybridized carbons (Fsp3) is 0.167. The number of thiophene rings is 1. The number of hydrazine groups is 1. The summed E-state index contributed by atoms with van der Waals surface area (Å²) in [5.41, 5.74) is 4.95. The van der Waals surface area contributed by atoms with Crippen molar-refractivity contribution in [3.8, 4) is 5.75 Å². The van der Waals surface area contributed by atoms with E-state index in [1.54, 1.807) is 18.4 Å². The summed E-state index contributed by atoms with van der Waals surface area (Å²) in [6.07, 6.45) is 0. The second-order valence-corrected chi connectivity index (χ2v) is 4.74. The minimum Gasteiger partial charge on any atom is -0.495 e. The van der Waals surface area contributed by atoms with Crippen LogP contribution in [0.4, 0.5) is 0 Å². The van der Waals surface area contributed by atoms with Gasteiger partial charge >= 0.3 is 0 Å². The molecule has 0 aliphatic carbocycles. The SMILES string of the molecule is COc1cc(C(NN)c2ccsc2)ccc1Cl. The molecule has 3 N–H and O–H groups in total. The van der Waals surface area contributed by atoms with Crippen LogP contribution in [-0.4, -0.2) is 7.11 Å². The van der Waals surface area contributed by atoms with E-state index in [0.717, 1.165) is 11.1 Å². The van der Waals surface area contributed by atoms with Gasteiger partial charge in [-0.1, -0.05) is 17.7 Å². The van der Waals surface area contributed by atoms with E-state index in [-0.39, 0.29) is 6.04 Å². The van der Waals surface area contributed by atoms with Crippen LogP contribution in [0.25, 0.3) is 0 Å². The molecule has 1 aromatic heterocycles. The number of nitrogens with one attached hydrogen (secondary N) is 1. The Hall–Kier alpha value is -1.07. The molecule has 5 heteroatoms. The van der Waals surface area contributed by atoms with Crippen molar-refractivity contribution in [2.24, 2.45) is 5.84 Å². The molecule has 17 heavy (non-hydrogen) atoms. The van der Waals surface area contributed by atoms with Gasteiger partial charge in [-0.15, -0.1) is 0 Å². The van der Waals surface area contributed by atoms with Crippen molar-refractivity contribution in [3.63, 3.8) is 0 Å². The van der Waals surface area contributed by atoms with Crippen LogP contribution in [-0.2, 0) is 0 Å². The first kappa shape index (κ1) is 12.4. The van der Waals surface area contributed by atoms with Crippen molar-refractivity contribution in [1.29, 1.82) is 0 Å². The quantitative estimate of drug-likeness (QED) is 0.662. The van der Waals surface area contributed by atoms with Crippen molar-refractivity contribution >= 4 is 22.9 Å². The molecule has 90 valence electrons. The molecule has 1 aromatic carbocycles. The van der Waals surface area contributed by atoms with E-state index in [1.165, 1.54) is 0 Å². The molecule has 2 rings (SSSR count). The second kappa shape index (κ2) is 5.51. The van der Waals surface area contributed by atoms with E-state index in [0.29, 0.717) is 10.8 Å². The van der Waals surface area contributed by atoms with E-state index in [9.17, 15) is 0 Å². The molecule has 1 atom stereocenters. The zero-order valence-electron chi connectivity index (χ0n) is 9.31. The first-order valence-electron chi connectivity index (χ1n) is 5.08. The minimum atomic E-state index is -0.0487. The highest BCUT2D eigenvalue weighted by Gasteiger charge is 2.14. The fourth-order valence-corrected chi connectivity index (χ4v) is 2.56. The molecule has 0 spiro atoms. The standard InChI is InChI=1S/C12H13ClN2OS/c1-16-11-6-8(2-3-10(11)13)12(15-14)9-4-5-17-7-9/h2-7,12,15H,14H2,1H3. The lowest BCUT2D eigenvalue weighted by atomic mass is 10.0. The Morgan fingerprint density at radius 2 is 2.18 bits per heavy atom. The van der Waals surface area contributed by atoms with Gasteiger partial charge in [0.1, 0.15) is 5.75 Å². The van der Waals surface area contributed by atoms with Crippen LogP contribution in [0.2, 0.25) is 5.02 Å². The number of halogens is 1. The van der Waals surface area contributed by atoms with E-state index in [4.69, 9.17) is 22.2 Å². The number of hydrogen-bond acceptors (Lipinski definition) is 4. The molecule has 0 radical (unpaired) electrons. The molecular weight excluding hydrogens is 256 g/mol. The minimum absolute atomic E-state index is 0.0487. The summed E-state index contributed by atoms with van der Waals surface area (Å²) in [6, 6.07) is 7.63. The van der Waals surface area contributed by atoms with Gasteiger partial charge in [0.2, 0.25) is 0 Å². The average molecular weight is 269 g/mol. The van der Waals surface area contributed by atoms with E-state index < -0.39 is 0 Å². The third kappa shape index (κ3) is 2.61. The normalized spacial score (nSPS) is 12.4. The summed E-state index contributed by atoms with van der Waals surface area (Å²) in [6.45, 7) is 0. The van der Waals surface area contributed by atoms with Crippen molar-refractivity contribution in [2.75, 3.05) is 7.11 Å². The Morgan fingerprint density at radius 1 is 1.35 bits per heavy atom. The highest BCUT2D eigenvalue weighted by molar-refractivity contribution is 7.08. The van der Waals surface area contributed by atoms with Crippen LogP contribution >= 0.6 is 22.9 Å². The van der Waals surface area contributed by atoms with Crippen molar-refractivity contribution in [2.45, 2.75) is 6.04 Å². The van der Waals surface area contributed by atoms with Gasteiger partial charge in [-0.05, 0) is 40.1 Å². The predicted octanol–water partition coefficient (Wildman–Crippen LogP) is 2.96. The molecule has 2 aromatic rings. The summed E-state index contributed by atoms with van der Waals surface area (Å²) in [4.78, 5) is 0. The van der Waals surface area contributed by atoms with E-state index >= 15 is 0 Å². The lowest BCUT2D eigenvalue weighted by Crippen LogP contribution is -2.28. The maximum absolute atomic E-state index is 5.99. The largest absolute Gasteiger partial charge is 0.495 e. The van der Waals surface area contributed by atoms with Crippen LogP contribution in [0.1, 0.15) is 17.2 Å². The van der Waals surface area contributed by atoms with Gasteiger partial charge in [0.15, 0.2) is 0 Å². The van der Waals surface area contributed by atoms with Crippen LogP contribution < -0.4 is 16.0 Å². The Kier molecular flexibility index (Phi) is 4.02. The van der Waals surface area contributed by atoms with Crippen molar-refractivity contribution < 1.29 is 4.74 Å². The number of methoxy groups -OCH3 is 1. The van der Waals surface area contributed by atoms with E-state index in [2.05, 4.69) is 10.8 Å². The zero-order valence-corrected chi connectivity index (χ0v) is 10.9. The van der Waals surface area contributed by atoms with Crippen molar-refractivity contribution in [1.82, 2.24) is 5.43 Å². The number of rotatable bonds is 4. The summed E-state index contributed by atoms with van der Waals surface area (Å²) in [5.74, 6) is 6.26. The molecule has 0 bridgehead atoms. The van der Waals surface area contributed by atoms with Crippen LogP contribution in [0.15, 0.2) is 35.0 Å². The second-order valence-electron chi connectivity index (χ2n) is 3.55. The number of hydrogen-bond donors (Lipinski definition) is 2. The summed E-state index contributed by atoms with van der Waals surface area (Å²) in [7, 11) is 1.60. The van der Waals surface area contributed by atoms with Gasteiger partial charge < -0.3 is 4.74 Å². The summed E-state index contributed by atoms with van der Waals surface area (Å²) < 4.78 is 5.20. The summed E-state index contributed by atoms with van der Waals surface area (Å²) >= 11 is 7.63. The van der Waals surface area contributed by atoms with Gasteiger partial charge in [0.05, 0.1) is 18.2 Å². The number of ether oxygens (including phenoxy) is 1. The highest BCUT2D eigenvalue weighted by atomic mass is 35.5. The Balaban J connectivity index is 2.38. The van der Waals surface area contributed by atoms with Crippen LogP contribution in [0.3, 0.4) is 0 Å². The molecule has 0 fully saturated rings. The highest BCUT2D eigenvalue weighted by Crippen LogP contribution is 2.30. The molecule has 0 aliphatic heterocycles. The third-order valence-corrected chi connectivity index (χ3v) is 3.57. The van der Waals surface area contributed by atoms with Gasteiger partial charge in [-0.3, -0.25) is 5.84 Å². The molecule has 0 amide bonds. The fourth-order valence-electron chi connectivity index (χ4n) is 1.68. The van der Waals surface area contributed by atoms with Gasteiger partial charge in [0.25, 0.3) is 0 Å². The molecule has 0 saturated heterocycles. The summed E-state index contributed by atoms with van der Waals surface area (Å²) in [5, 5.41) is 4.68. The third-order valence-electron chi connectivity index (χ3n) is 2.55. The molecule has 1 heterocycles. The van der Waals surface area contributed by atoms with Gasteiger partial charge in [-0.2, -0.15) is 11.3 Å². The first-order valence-corrected chi connectivity index (χ1v) is 6.40. The molecule has 3 nitrogen and oxygen atoms in total.